The SMILES string of the molecule is CC1(C)CC[C@@]2(C(=O)O)C(=C3C=C[C@@H]4[C@@]5(C)CC[C@H](O[C@@H]6O[C@H](CO)[C@H](O)[C@H](O)[C@H]6O)[C@@](C)(CO)[C@@H]5CC[C@@]4(C)[C@]3(C)C[C@H]2O)C1. The second-order valence-corrected chi connectivity index (χ2v) is 17.4. The monoisotopic (exact) mass is 648 g/mol. The Morgan fingerprint density at radius 1 is 0.935 bits per heavy atom. The highest BCUT2D eigenvalue weighted by molar-refractivity contribution is 5.81. The van der Waals surface area contributed by atoms with Gasteiger partial charge < -0.3 is 45.2 Å². The van der Waals surface area contributed by atoms with Crippen LogP contribution in [0.3, 0.4) is 0 Å². The molecule has 1 aliphatic heterocycles. The zero-order valence-corrected chi connectivity index (χ0v) is 28.3. The number of aliphatic hydroxyl groups is 6. The van der Waals surface area contributed by atoms with E-state index in [1.165, 1.54) is 0 Å². The molecule has 46 heavy (non-hydrogen) atoms. The minimum Gasteiger partial charge on any atom is -0.481 e. The molecule has 1 saturated heterocycles. The molecular formula is C36H56O10. The summed E-state index contributed by atoms with van der Waals surface area (Å²) in [4.78, 5) is 13.0. The highest BCUT2D eigenvalue weighted by Crippen LogP contribution is 2.74. The molecule has 5 aliphatic carbocycles. The van der Waals surface area contributed by atoms with Gasteiger partial charge in [-0.15, -0.1) is 0 Å². The minimum atomic E-state index is -1.54. The number of carbonyl (C=O) groups is 1. The number of hydrogen-bond donors (Lipinski definition) is 7. The molecule has 3 saturated carbocycles. The number of aliphatic hydroxyl groups excluding tert-OH is 6. The average Bonchev–Trinajstić information content (AvgIpc) is 2.98. The molecule has 0 spiro atoms. The Balaban J connectivity index is 1.37. The molecule has 0 amide bonds. The summed E-state index contributed by atoms with van der Waals surface area (Å²) in [6.07, 6.45) is 1.24. The first kappa shape index (κ1) is 34.5. The molecule has 4 fully saturated rings. The number of carboxylic acids is 1. The first-order valence-electron chi connectivity index (χ1n) is 17.3. The third kappa shape index (κ3) is 4.47. The topological polar surface area (TPSA) is 177 Å². The molecule has 260 valence electrons. The fourth-order valence-electron chi connectivity index (χ4n) is 11.6. The zero-order valence-electron chi connectivity index (χ0n) is 28.3. The number of aliphatic carboxylic acids is 1. The van der Waals surface area contributed by atoms with Crippen molar-refractivity contribution >= 4 is 5.97 Å². The number of fused-ring (bicyclic) bond motifs is 6. The van der Waals surface area contributed by atoms with Gasteiger partial charge in [0.15, 0.2) is 6.29 Å². The van der Waals surface area contributed by atoms with Gasteiger partial charge in [0.05, 0.1) is 25.4 Å². The van der Waals surface area contributed by atoms with Gasteiger partial charge in [-0.25, -0.2) is 0 Å². The number of hydrogen-bond acceptors (Lipinski definition) is 9. The van der Waals surface area contributed by atoms with Crippen LogP contribution in [0.5, 0.6) is 0 Å². The number of carboxylic acid groups (broad SMARTS) is 1. The molecular weight excluding hydrogens is 592 g/mol. The predicted molar refractivity (Wildman–Crippen MR) is 168 cm³/mol. The minimum absolute atomic E-state index is 0.0226. The molecule has 1 heterocycles. The quantitative estimate of drug-likeness (QED) is 0.219. The lowest BCUT2D eigenvalue weighted by Gasteiger charge is -2.70. The summed E-state index contributed by atoms with van der Waals surface area (Å²) < 4.78 is 12.1. The summed E-state index contributed by atoms with van der Waals surface area (Å²) in [5, 5.41) is 74.5. The van der Waals surface area contributed by atoms with Gasteiger partial charge in [0.2, 0.25) is 0 Å². The first-order chi connectivity index (χ1) is 21.4. The van der Waals surface area contributed by atoms with Gasteiger partial charge in [-0.1, -0.05) is 53.7 Å². The van der Waals surface area contributed by atoms with E-state index >= 15 is 0 Å². The standard InChI is InChI=1S/C36H56O10/c1-31(2)13-14-36(30(43)44)20(15-31)19-7-8-23-32(3)11-10-25(46-29-28(42)27(41)26(40)21(17-37)45-29)33(4,18-38)22(32)9-12-34(23,5)35(19,6)16-24(36)39/h7-8,21-29,37-42H,9-18H2,1-6H3,(H,43,44)/t21-,22-,23-,24-,25+,26+,27+,28-,29+,32+,33+,34-,35-,36-/m1/s1. The van der Waals surface area contributed by atoms with E-state index in [-0.39, 0.29) is 34.7 Å². The van der Waals surface area contributed by atoms with Crippen molar-refractivity contribution in [1.29, 1.82) is 0 Å². The third-order valence-electron chi connectivity index (χ3n) is 14.7. The van der Waals surface area contributed by atoms with Crippen molar-refractivity contribution in [2.24, 2.45) is 44.3 Å². The lowest BCUT2D eigenvalue weighted by molar-refractivity contribution is -0.332. The van der Waals surface area contributed by atoms with Crippen LogP contribution in [0.4, 0.5) is 0 Å². The molecule has 6 aliphatic rings. The Kier molecular flexibility index (Phi) is 8.30. The molecule has 10 heteroatoms. The maximum absolute atomic E-state index is 13.0. The van der Waals surface area contributed by atoms with E-state index in [1.807, 2.05) is 6.92 Å². The highest BCUT2D eigenvalue weighted by Gasteiger charge is 2.70. The van der Waals surface area contributed by atoms with E-state index in [1.54, 1.807) is 0 Å². The van der Waals surface area contributed by atoms with Crippen molar-refractivity contribution in [2.45, 2.75) is 136 Å². The summed E-state index contributed by atoms with van der Waals surface area (Å²) in [5.74, 6) is -0.810. The van der Waals surface area contributed by atoms with Crippen LogP contribution in [0, 0.1) is 44.3 Å². The van der Waals surface area contributed by atoms with Crippen LogP contribution >= 0.6 is 0 Å². The molecule has 7 N–H and O–H groups in total. The summed E-state index contributed by atoms with van der Waals surface area (Å²) in [6, 6.07) is 0. The van der Waals surface area contributed by atoms with Gasteiger partial charge >= 0.3 is 5.97 Å². The summed E-state index contributed by atoms with van der Waals surface area (Å²) in [7, 11) is 0. The maximum atomic E-state index is 13.0. The van der Waals surface area contributed by atoms with E-state index in [0.29, 0.717) is 25.7 Å². The van der Waals surface area contributed by atoms with E-state index in [0.717, 1.165) is 36.8 Å². The van der Waals surface area contributed by atoms with Crippen molar-refractivity contribution in [2.75, 3.05) is 13.2 Å². The molecule has 0 aromatic carbocycles. The van der Waals surface area contributed by atoms with Gasteiger partial charge in [0.25, 0.3) is 0 Å². The fraction of sp³-hybridized carbons (Fsp3) is 0.861. The average molecular weight is 649 g/mol. The van der Waals surface area contributed by atoms with Crippen molar-refractivity contribution in [3.8, 4) is 0 Å². The maximum Gasteiger partial charge on any atom is 0.316 e. The van der Waals surface area contributed by atoms with E-state index in [2.05, 4.69) is 46.8 Å². The normalized spacial score (nSPS) is 53.1. The van der Waals surface area contributed by atoms with Gasteiger partial charge in [0, 0.05) is 10.8 Å². The molecule has 0 aromatic rings. The summed E-state index contributed by atoms with van der Waals surface area (Å²) in [6.45, 7) is 12.6. The van der Waals surface area contributed by atoms with Crippen molar-refractivity contribution in [3.05, 3.63) is 23.3 Å². The van der Waals surface area contributed by atoms with Gasteiger partial charge in [-0.2, -0.15) is 0 Å². The molecule has 6 rings (SSSR count). The molecule has 0 bridgehead atoms. The Bertz CT molecular complexity index is 1290. The zero-order chi connectivity index (χ0) is 33.8. The third-order valence-corrected chi connectivity index (χ3v) is 14.7. The smallest absolute Gasteiger partial charge is 0.316 e. The summed E-state index contributed by atoms with van der Waals surface area (Å²) >= 11 is 0. The number of allylic oxidation sites excluding steroid dienone is 3. The largest absolute Gasteiger partial charge is 0.481 e. The highest BCUT2D eigenvalue weighted by atomic mass is 16.7. The molecule has 10 nitrogen and oxygen atoms in total. The molecule has 0 radical (unpaired) electrons. The first-order valence-corrected chi connectivity index (χ1v) is 17.3. The van der Waals surface area contributed by atoms with E-state index < -0.39 is 71.7 Å². The van der Waals surface area contributed by atoms with Crippen LogP contribution in [-0.2, 0) is 14.3 Å². The second-order valence-electron chi connectivity index (χ2n) is 17.4. The van der Waals surface area contributed by atoms with Gasteiger partial charge in [0.1, 0.15) is 29.8 Å². The van der Waals surface area contributed by atoms with Gasteiger partial charge in [-0.05, 0) is 90.6 Å². The van der Waals surface area contributed by atoms with Crippen LogP contribution in [-0.4, -0.2) is 97.8 Å². The van der Waals surface area contributed by atoms with Crippen LogP contribution in [0.1, 0.15) is 92.9 Å². The van der Waals surface area contributed by atoms with E-state index in [9.17, 15) is 40.5 Å². The molecule has 0 aromatic heterocycles. The fourth-order valence-corrected chi connectivity index (χ4v) is 11.6. The van der Waals surface area contributed by atoms with Crippen LogP contribution in [0.2, 0.25) is 0 Å². The molecule has 0 unspecified atom stereocenters. The van der Waals surface area contributed by atoms with Crippen LogP contribution in [0.25, 0.3) is 0 Å². The van der Waals surface area contributed by atoms with Crippen LogP contribution < -0.4 is 0 Å². The Hall–Kier alpha value is -1.37. The summed E-state index contributed by atoms with van der Waals surface area (Å²) in [5.41, 5.74) is -1.02. The second kappa shape index (κ2) is 11.1. The lowest BCUT2D eigenvalue weighted by atomic mass is 9.35. The Labute approximate surface area is 272 Å². The van der Waals surface area contributed by atoms with Gasteiger partial charge in [-0.3, -0.25) is 4.79 Å². The van der Waals surface area contributed by atoms with Crippen LogP contribution in [0.15, 0.2) is 23.3 Å². The van der Waals surface area contributed by atoms with Crippen molar-refractivity contribution < 1.29 is 50.0 Å². The van der Waals surface area contributed by atoms with Crippen molar-refractivity contribution in [1.82, 2.24) is 0 Å². The Morgan fingerprint density at radius 2 is 1.63 bits per heavy atom. The predicted octanol–water partition coefficient (Wildman–Crippen LogP) is 2.92. The lowest BCUT2D eigenvalue weighted by Crippen LogP contribution is -2.66. The number of rotatable bonds is 5. The molecule has 14 atom stereocenters. The Morgan fingerprint density at radius 3 is 2.26 bits per heavy atom. The van der Waals surface area contributed by atoms with E-state index in [4.69, 9.17) is 9.47 Å². The number of ether oxygens (including phenoxy) is 2. The van der Waals surface area contributed by atoms with Crippen molar-refractivity contribution in [3.63, 3.8) is 0 Å².